The van der Waals surface area contributed by atoms with Crippen molar-refractivity contribution < 1.29 is 23.8 Å². The fourth-order valence-electron chi connectivity index (χ4n) is 3.01. The number of halogens is 1. The standard InChI is InChI=1S/C17H20N2O5.ClH/c1-22-14-3-4-15(23-2)16-12(14)7-19(8-13(16)20)17(21)10-5-11(6-18)24-9-10;/h3-5,9,13,20H,6-8,18H2,1-2H3;1H. The van der Waals surface area contributed by atoms with E-state index in [2.05, 4.69) is 0 Å². The molecule has 8 heteroatoms. The van der Waals surface area contributed by atoms with E-state index < -0.39 is 6.10 Å². The van der Waals surface area contributed by atoms with Crippen molar-refractivity contribution in [1.29, 1.82) is 0 Å². The summed E-state index contributed by atoms with van der Waals surface area (Å²) in [5.74, 6) is 1.50. The molecule has 25 heavy (non-hydrogen) atoms. The van der Waals surface area contributed by atoms with Crippen molar-refractivity contribution in [1.82, 2.24) is 4.90 Å². The lowest BCUT2D eigenvalue weighted by molar-refractivity contribution is 0.0538. The summed E-state index contributed by atoms with van der Waals surface area (Å²) in [6.45, 7) is 0.705. The highest BCUT2D eigenvalue weighted by Crippen LogP contribution is 2.39. The molecule has 1 aliphatic heterocycles. The first-order valence-electron chi connectivity index (χ1n) is 7.57. The largest absolute Gasteiger partial charge is 0.496 e. The number of amides is 1. The van der Waals surface area contributed by atoms with E-state index in [1.165, 1.54) is 6.26 Å². The van der Waals surface area contributed by atoms with Crippen LogP contribution in [0.25, 0.3) is 0 Å². The van der Waals surface area contributed by atoms with Gasteiger partial charge in [-0.2, -0.15) is 0 Å². The fourth-order valence-corrected chi connectivity index (χ4v) is 3.01. The van der Waals surface area contributed by atoms with Gasteiger partial charge in [-0.1, -0.05) is 0 Å². The number of methoxy groups -OCH3 is 2. The van der Waals surface area contributed by atoms with Gasteiger partial charge in [-0.3, -0.25) is 4.79 Å². The molecule has 1 aromatic carbocycles. The van der Waals surface area contributed by atoms with Crippen molar-refractivity contribution in [3.8, 4) is 11.5 Å². The summed E-state index contributed by atoms with van der Waals surface area (Å²) in [6, 6.07) is 5.14. The van der Waals surface area contributed by atoms with Crippen molar-refractivity contribution in [2.75, 3.05) is 20.8 Å². The van der Waals surface area contributed by atoms with Crippen LogP contribution in [0.5, 0.6) is 11.5 Å². The molecular weight excluding hydrogens is 348 g/mol. The lowest BCUT2D eigenvalue weighted by Crippen LogP contribution is -2.38. The van der Waals surface area contributed by atoms with Crippen LogP contribution in [0.2, 0.25) is 0 Å². The number of carbonyl (C=O) groups excluding carboxylic acids is 1. The molecule has 0 fully saturated rings. The first-order chi connectivity index (χ1) is 11.6. The Kier molecular flexibility index (Phi) is 5.94. The predicted molar refractivity (Wildman–Crippen MR) is 93.1 cm³/mol. The number of benzene rings is 1. The molecule has 0 saturated heterocycles. The summed E-state index contributed by atoms with van der Waals surface area (Å²) in [7, 11) is 3.10. The van der Waals surface area contributed by atoms with Crippen LogP contribution in [0.4, 0.5) is 0 Å². The minimum atomic E-state index is -0.858. The number of ether oxygens (including phenoxy) is 2. The number of rotatable bonds is 4. The number of hydrogen-bond donors (Lipinski definition) is 2. The number of aliphatic hydroxyl groups excluding tert-OH is 1. The minimum absolute atomic E-state index is 0. The van der Waals surface area contributed by atoms with Gasteiger partial charge in [0.1, 0.15) is 29.6 Å². The zero-order valence-electron chi connectivity index (χ0n) is 14.0. The van der Waals surface area contributed by atoms with Gasteiger partial charge in [0.2, 0.25) is 0 Å². The molecule has 2 aromatic rings. The Labute approximate surface area is 151 Å². The molecule has 0 saturated carbocycles. The maximum absolute atomic E-state index is 12.7. The summed E-state index contributed by atoms with van der Waals surface area (Å²) in [5.41, 5.74) is 7.32. The molecule has 2 heterocycles. The van der Waals surface area contributed by atoms with Gasteiger partial charge in [0, 0.05) is 11.1 Å². The van der Waals surface area contributed by atoms with Crippen molar-refractivity contribution in [3.63, 3.8) is 0 Å². The maximum Gasteiger partial charge on any atom is 0.257 e. The van der Waals surface area contributed by atoms with Crippen LogP contribution in [0.15, 0.2) is 28.9 Å². The van der Waals surface area contributed by atoms with Gasteiger partial charge in [-0.05, 0) is 18.2 Å². The molecule has 3 rings (SSSR count). The van der Waals surface area contributed by atoms with Crippen LogP contribution in [-0.2, 0) is 13.1 Å². The van der Waals surface area contributed by atoms with Gasteiger partial charge in [-0.25, -0.2) is 0 Å². The SMILES string of the molecule is COc1ccc(OC)c2c1CN(C(=O)c1coc(CN)c1)CC2O.Cl. The molecule has 1 aromatic heterocycles. The number of nitrogens with zero attached hydrogens (tertiary/aromatic N) is 1. The van der Waals surface area contributed by atoms with E-state index in [0.29, 0.717) is 34.9 Å². The molecule has 7 nitrogen and oxygen atoms in total. The van der Waals surface area contributed by atoms with Gasteiger partial charge in [-0.15, -0.1) is 12.4 Å². The van der Waals surface area contributed by atoms with E-state index in [9.17, 15) is 9.90 Å². The van der Waals surface area contributed by atoms with Crippen LogP contribution >= 0.6 is 12.4 Å². The number of nitrogens with two attached hydrogens (primary N) is 1. The summed E-state index contributed by atoms with van der Waals surface area (Å²) in [4.78, 5) is 14.2. The normalized spacial score (nSPS) is 16.0. The van der Waals surface area contributed by atoms with Gasteiger partial charge < -0.3 is 29.6 Å². The monoisotopic (exact) mass is 368 g/mol. The van der Waals surface area contributed by atoms with Crippen molar-refractivity contribution in [3.05, 3.63) is 46.9 Å². The lowest BCUT2D eigenvalue weighted by atomic mass is 9.95. The van der Waals surface area contributed by atoms with Crippen molar-refractivity contribution in [2.24, 2.45) is 5.73 Å². The molecule has 1 amide bonds. The van der Waals surface area contributed by atoms with Crippen molar-refractivity contribution in [2.45, 2.75) is 19.2 Å². The molecule has 1 atom stereocenters. The highest BCUT2D eigenvalue weighted by molar-refractivity contribution is 5.94. The zero-order chi connectivity index (χ0) is 17.3. The number of carbonyl (C=O) groups is 1. The average molecular weight is 369 g/mol. The molecule has 0 spiro atoms. The quantitative estimate of drug-likeness (QED) is 0.854. The van der Waals surface area contributed by atoms with Crippen LogP contribution < -0.4 is 15.2 Å². The molecule has 1 unspecified atom stereocenters. The third-order valence-corrected chi connectivity index (χ3v) is 4.18. The number of fused-ring (bicyclic) bond motifs is 1. The zero-order valence-corrected chi connectivity index (χ0v) is 14.8. The van der Waals surface area contributed by atoms with Crippen LogP contribution in [0, 0.1) is 0 Å². The highest BCUT2D eigenvalue weighted by atomic mass is 35.5. The average Bonchev–Trinajstić information content (AvgIpc) is 3.09. The predicted octanol–water partition coefficient (Wildman–Crippen LogP) is 1.87. The summed E-state index contributed by atoms with van der Waals surface area (Å²) in [6.07, 6.45) is 0.526. The maximum atomic E-state index is 12.7. The number of aliphatic hydroxyl groups is 1. The second-order valence-electron chi connectivity index (χ2n) is 5.57. The van der Waals surface area contributed by atoms with Gasteiger partial charge >= 0.3 is 0 Å². The Morgan fingerprint density at radius 2 is 2.04 bits per heavy atom. The Hall–Kier alpha value is -2.22. The molecule has 0 radical (unpaired) electrons. The molecule has 1 aliphatic rings. The van der Waals surface area contributed by atoms with Crippen molar-refractivity contribution >= 4 is 18.3 Å². The summed E-state index contributed by atoms with van der Waals surface area (Å²) in [5, 5.41) is 10.5. The van der Waals surface area contributed by atoms with Crippen LogP contribution in [-0.4, -0.2) is 36.7 Å². The molecule has 3 N–H and O–H groups in total. The Morgan fingerprint density at radius 1 is 1.36 bits per heavy atom. The second-order valence-corrected chi connectivity index (χ2v) is 5.57. The molecule has 136 valence electrons. The molecule has 0 bridgehead atoms. The van der Waals surface area contributed by atoms with E-state index in [1.807, 2.05) is 0 Å². The third kappa shape index (κ3) is 3.44. The lowest BCUT2D eigenvalue weighted by Gasteiger charge is -2.33. The first kappa shape index (κ1) is 19.1. The van der Waals surface area contributed by atoms with E-state index >= 15 is 0 Å². The van der Waals surface area contributed by atoms with E-state index in [1.54, 1.807) is 37.3 Å². The second kappa shape index (κ2) is 7.77. The Morgan fingerprint density at radius 3 is 2.64 bits per heavy atom. The minimum Gasteiger partial charge on any atom is -0.496 e. The number of furan rings is 1. The van der Waals surface area contributed by atoms with E-state index in [0.717, 1.165) is 5.56 Å². The molecule has 0 aliphatic carbocycles. The Bertz CT molecular complexity index is 761. The van der Waals surface area contributed by atoms with Gasteiger partial charge in [0.15, 0.2) is 0 Å². The highest BCUT2D eigenvalue weighted by Gasteiger charge is 2.32. The smallest absolute Gasteiger partial charge is 0.257 e. The summed E-state index contributed by atoms with van der Waals surface area (Å²) < 4.78 is 15.9. The van der Waals surface area contributed by atoms with Crippen LogP contribution in [0.1, 0.15) is 33.3 Å². The van der Waals surface area contributed by atoms with E-state index in [4.69, 9.17) is 19.6 Å². The van der Waals surface area contributed by atoms with E-state index in [-0.39, 0.29) is 31.4 Å². The topological polar surface area (TPSA) is 98.2 Å². The van der Waals surface area contributed by atoms with Gasteiger partial charge in [0.25, 0.3) is 5.91 Å². The fraction of sp³-hybridized carbons (Fsp3) is 0.353. The third-order valence-electron chi connectivity index (χ3n) is 4.18. The van der Waals surface area contributed by atoms with Crippen LogP contribution in [0.3, 0.4) is 0 Å². The number of hydrogen-bond acceptors (Lipinski definition) is 6. The Balaban J connectivity index is 0.00000225. The first-order valence-corrected chi connectivity index (χ1v) is 7.57. The summed E-state index contributed by atoms with van der Waals surface area (Å²) >= 11 is 0. The van der Waals surface area contributed by atoms with Gasteiger partial charge in [0.05, 0.1) is 39.4 Å². The number of β-amino-alcohol motifs (C(OH)–C–C–N with tert-alkyl or cyclic N) is 1. The molecular formula is C17H21ClN2O5.